The van der Waals surface area contributed by atoms with Gasteiger partial charge in [0.15, 0.2) is 5.78 Å². The minimum Gasteiger partial charge on any atom is -0.294 e. The van der Waals surface area contributed by atoms with Crippen molar-refractivity contribution < 1.29 is 9.72 Å². The Morgan fingerprint density at radius 2 is 2.19 bits per heavy atom. The van der Waals surface area contributed by atoms with Crippen molar-refractivity contribution in [2.45, 2.75) is 19.8 Å². The van der Waals surface area contributed by atoms with E-state index in [1.807, 2.05) is 0 Å². The third-order valence-electron chi connectivity index (χ3n) is 2.27. The molecule has 16 heavy (non-hydrogen) atoms. The molecule has 0 aromatic heterocycles. The Balaban J connectivity index is 2.94. The molecule has 5 heteroatoms. The summed E-state index contributed by atoms with van der Waals surface area (Å²) in [4.78, 5) is 21.8. The second-order valence-electron chi connectivity index (χ2n) is 3.47. The van der Waals surface area contributed by atoms with Crippen LogP contribution in [0.2, 0.25) is 0 Å². The van der Waals surface area contributed by atoms with E-state index in [1.54, 1.807) is 19.1 Å². The van der Waals surface area contributed by atoms with E-state index in [-0.39, 0.29) is 11.5 Å². The third-order valence-corrected chi connectivity index (χ3v) is 2.53. The normalized spacial score (nSPS) is 10.1. The maximum Gasteiger partial charge on any atom is 0.273 e. The first-order valence-corrected chi connectivity index (χ1v) is 5.44. The van der Waals surface area contributed by atoms with Crippen molar-refractivity contribution in [1.82, 2.24) is 0 Å². The molecule has 0 fully saturated rings. The van der Waals surface area contributed by atoms with Gasteiger partial charge in [-0.3, -0.25) is 14.9 Å². The van der Waals surface area contributed by atoms with E-state index in [4.69, 9.17) is 11.6 Å². The van der Waals surface area contributed by atoms with Gasteiger partial charge in [-0.25, -0.2) is 0 Å². The quantitative estimate of drug-likeness (QED) is 0.344. The van der Waals surface area contributed by atoms with Crippen molar-refractivity contribution in [2.75, 3.05) is 5.88 Å². The second-order valence-corrected chi connectivity index (χ2v) is 3.85. The fourth-order valence-electron chi connectivity index (χ4n) is 1.35. The van der Waals surface area contributed by atoms with Gasteiger partial charge in [-0.2, -0.15) is 0 Å². The standard InChI is InChI=1S/C11H12ClNO3/c1-8-4-5-9(7-10(8)13(15)16)11(14)3-2-6-12/h4-5,7H,2-3,6H2,1H3. The lowest BCUT2D eigenvalue weighted by Crippen LogP contribution is -2.01. The Morgan fingerprint density at radius 3 is 2.75 bits per heavy atom. The van der Waals surface area contributed by atoms with E-state index in [2.05, 4.69) is 0 Å². The maximum atomic E-state index is 11.6. The number of aryl methyl sites for hydroxylation is 1. The van der Waals surface area contributed by atoms with Crippen LogP contribution >= 0.6 is 11.6 Å². The molecule has 0 saturated carbocycles. The van der Waals surface area contributed by atoms with E-state index in [0.717, 1.165) is 0 Å². The second kappa shape index (κ2) is 5.61. The number of benzene rings is 1. The predicted molar refractivity (Wildman–Crippen MR) is 62.1 cm³/mol. The summed E-state index contributed by atoms with van der Waals surface area (Å²) in [5.74, 6) is 0.309. The van der Waals surface area contributed by atoms with E-state index in [1.165, 1.54) is 6.07 Å². The lowest BCUT2D eigenvalue weighted by atomic mass is 10.0. The minimum atomic E-state index is -0.479. The van der Waals surface area contributed by atoms with Crippen LogP contribution in [-0.2, 0) is 0 Å². The number of carbonyl (C=O) groups excluding carboxylic acids is 1. The first kappa shape index (κ1) is 12.6. The molecule has 0 aliphatic rings. The average molecular weight is 242 g/mol. The number of ketones is 1. The molecule has 86 valence electrons. The van der Waals surface area contributed by atoms with Crippen LogP contribution in [0.15, 0.2) is 18.2 Å². The largest absolute Gasteiger partial charge is 0.294 e. The van der Waals surface area contributed by atoms with Gasteiger partial charge in [0, 0.05) is 29.5 Å². The molecule has 4 nitrogen and oxygen atoms in total. The van der Waals surface area contributed by atoms with Gasteiger partial charge in [0.2, 0.25) is 0 Å². The predicted octanol–water partition coefficient (Wildman–Crippen LogP) is 3.10. The summed E-state index contributed by atoms with van der Waals surface area (Å²) in [5, 5.41) is 10.7. The van der Waals surface area contributed by atoms with Crippen molar-refractivity contribution in [3.8, 4) is 0 Å². The van der Waals surface area contributed by atoms with Gasteiger partial charge < -0.3 is 0 Å². The first-order valence-electron chi connectivity index (χ1n) is 4.90. The summed E-state index contributed by atoms with van der Waals surface area (Å²) in [6.45, 7) is 1.64. The number of Topliss-reactive ketones (excluding diaryl/α,β-unsaturated/α-hetero) is 1. The van der Waals surface area contributed by atoms with Crippen LogP contribution in [0, 0.1) is 17.0 Å². The number of carbonyl (C=O) groups is 1. The van der Waals surface area contributed by atoms with Crippen molar-refractivity contribution >= 4 is 23.1 Å². The maximum absolute atomic E-state index is 11.6. The van der Waals surface area contributed by atoms with Crippen molar-refractivity contribution in [1.29, 1.82) is 0 Å². The highest BCUT2D eigenvalue weighted by atomic mass is 35.5. The summed E-state index contributed by atoms with van der Waals surface area (Å²) in [6.07, 6.45) is 0.909. The molecule has 0 aliphatic carbocycles. The number of hydrogen-bond donors (Lipinski definition) is 0. The molecule has 0 amide bonds. The molecule has 0 radical (unpaired) electrons. The summed E-state index contributed by atoms with van der Waals surface area (Å²) in [7, 11) is 0. The Labute approximate surface area is 98.4 Å². The van der Waals surface area contributed by atoms with Crippen LogP contribution in [0.4, 0.5) is 5.69 Å². The SMILES string of the molecule is Cc1ccc(C(=O)CCCCl)cc1[N+](=O)[O-]. The molecular formula is C11H12ClNO3. The summed E-state index contributed by atoms with van der Waals surface area (Å²) >= 11 is 5.48. The molecule has 1 aromatic rings. The number of nitrogens with zero attached hydrogens (tertiary/aromatic N) is 1. The molecule has 1 rings (SSSR count). The Bertz CT molecular complexity index is 418. The number of alkyl halides is 1. The number of rotatable bonds is 5. The van der Waals surface area contributed by atoms with E-state index in [9.17, 15) is 14.9 Å². The van der Waals surface area contributed by atoms with Crippen LogP contribution in [0.3, 0.4) is 0 Å². The van der Waals surface area contributed by atoms with Gasteiger partial charge in [-0.1, -0.05) is 12.1 Å². The van der Waals surface area contributed by atoms with Crippen LogP contribution in [0.1, 0.15) is 28.8 Å². The molecule has 0 spiro atoms. The van der Waals surface area contributed by atoms with Crippen molar-refractivity contribution in [2.24, 2.45) is 0 Å². The van der Waals surface area contributed by atoms with Gasteiger partial charge in [0.1, 0.15) is 0 Å². The minimum absolute atomic E-state index is 0.0169. The van der Waals surface area contributed by atoms with Crippen LogP contribution < -0.4 is 0 Å². The van der Waals surface area contributed by atoms with Crippen molar-refractivity contribution in [3.05, 3.63) is 39.4 Å². The number of nitro benzene ring substituents is 1. The molecule has 0 unspecified atom stereocenters. The number of halogens is 1. The fourth-order valence-corrected chi connectivity index (χ4v) is 1.48. The smallest absolute Gasteiger partial charge is 0.273 e. The Morgan fingerprint density at radius 1 is 1.50 bits per heavy atom. The lowest BCUT2D eigenvalue weighted by molar-refractivity contribution is -0.385. The lowest BCUT2D eigenvalue weighted by Gasteiger charge is -2.01. The first-order chi connectivity index (χ1) is 7.56. The topological polar surface area (TPSA) is 60.2 Å². The van der Waals surface area contributed by atoms with Crippen molar-refractivity contribution in [3.63, 3.8) is 0 Å². The highest BCUT2D eigenvalue weighted by molar-refractivity contribution is 6.18. The zero-order valence-electron chi connectivity index (χ0n) is 8.90. The van der Waals surface area contributed by atoms with E-state index in [0.29, 0.717) is 29.8 Å². The number of nitro groups is 1. The monoisotopic (exact) mass is 241 g/mol. The molecular weight excluding hydrogens is 230 g/mol. The Kier molecular flexibility index (Phi) is 4.43. The fraction of sp³-hybridized carbons (Fsp3) is 0.364. The van der Waals surface area contributed by atoms with Crippen LogP contribution in [-0.4, -0.2) is 16.6 Å². The molecule has 0 atom stereocenters. The van der Waals surface area contributed by atoms with E-state index >= 15 is 0 Å². The Hall–Kier alpha value is -1.42. The molecule has 0 aliphatic heterocycles. The zero-order chi connectivity index (χ0) is 12.1. The molecule has 0 N–H and O–H groups in total. The van der Waals surface area contributed by atoms with Gasteiger partial charge in [-0.05, 0) is 13.3 Å². The van der Waals surface area contributed by atoms with Gasteiger partial charge in [0.05, 0.1) is 4.92 Å². The van der Waals surface area contributed by atoms with E-state index < -0.39 is 4.92 Å². The van der Waals surface area contributed by atoms with Crippen LogP contribution in [0.25, 0.3) is 0 Å². The molecule has 0 heterocycles. The van der Waals surface area contributed by atoms with Gasteiger partial charge in [0.25, 0.3) is 5.69 Å². The number of hydrogen-bond acceptors (Lipinski definition) is 3. The highest BCUT2D eigenvalue weighted by Gasteiger charge is 2.14. The average Bonchev–Trinajstić information content (AvgIpc) is 2.26. The summed E-state index contributed by atoms with van der Waals surface area (Å²) < 4.78 is 0. The molecule has 0 saturated heterocycles. The van der Waals surface area contributed by atoms with Gasteiger partial charge in [-0.15, -0.1) is 11.6 Å². The zero-order valence-corrected chi connectivity index (χ0v) is 9.66. The van der Waals surface area contributed by atoms with Crippen LogP contribution in [0.5, 0.6) is 0 Å². The van der Waals surface area contributed by atoms with Gasteiger partial charge >= 0.3 is 0 Å². The molecule has 1 aromatic carbocycles. The third kappa shape index (κ3) is 3.03. The highest BCUT2D eigenvalue weighted by Crippen LogP contribution is 2.20. The summed E-state index contributed by atoms with van der Waals surface area (Å²) in [6, 6.07) is 4.52. The molecule has 0 bridgehead atoms. The summed E-state index contributed by atoms with van der Waals surface area (Å²) in [5.41, 5.74) is 0.915.